The van der Waals surface area contributed by atoms with E-state index in [1.54, 1.807) is 6.08 Å². The van der Waals surface area contributed by atoms with E-state index in [0.29, 0.717) is 24.7 Å². The highest BCUT2D eigenvalue weighted by molar-refractivity contribution is 5.90. The molecule has 88 valence electrons. The molecule has 0 aromatic heterocycles. The van der Waals surface area contributed by atoms with E-state index in [-0.39, 0.29) is 17.6 Å². The fourth-order valence-electron chi connectivity index (χ4n) is 3.35. The predicted molar refractivity (Wildman–Crippen MR) is 59.9 cm³/mol. The smallest absolute Gasteiger partial charge is 0.306 e. The summed E-state index contributed by atoms with van der Waals surface area (Å²) in [5, 5.41) is 9.18. The van der Waals surface area contributed by atoms with Gasteiger partial charge in [0.25, 0.3) is 0 Å². The van der Waals surface area contributed by atoms with Crippen LogP contribution < -0.4 is 0 Å². The molecule has 0 aliphatic heterocycles. The summed E-state index contributed by atoms with van der Waals surface area (Å²) in [6.07, 6.45) is 6.87. The van der Waals surface area contributed by atoms with Crippen LogP contribution >= 0.6 is 0 Å². The highest BCUT2D eigenvalue weighted by atomic mass is 16.4. The van der Waals surface area contributed by atoms with Crippen molar-refractivity contribution < 1.29 is 14.7 Å². The van der Waals surface area contributed by atoms with E-state index in [4.69, 9.17) is 0 Å². The minimum absolute atomic E-state index is 0.199. The molecule has 0 amide bonds. The number of ketones is 1. The van der Waals surface area contributed by atoms with Crippen LogP contribution in [0.15, 0.2) is 12.2 Å². The number of carbonyl (C=O) groups excluding carboxylic acids is 1. The van der Waals surface area contributed by atoms with Crippen LogP contribution in [0.3, 0.4) is 0 Å². The van der Waals surface area contributed by atoms with Crippen LogP contribution in [0, 0.1) is 23.7 Å². The fourth-order valence-corrected chi connectivity index (χ4v) is 3.35. The van der Waals surface area contributed by atoms with Gasteiger partial charge in [0, 0.05) is 6.42 Å². The van der Waals surface area contributed by atoms with Crippen molar-refractivity contribution in [1.82, 2.24) is 0 Å². The van der Waals surface area contributed by atoms with E-state index < -0.39 is 5.97 Å². The zero-order chi connectivity index (χ0) is 11.7. The highest BCUT2D eigenvalue weighted by Crippen LogP contribution is 2.46. The van der Waals surface area contributed by atoms with Crippen molar-refractivity contribution in [3.63, 3.8) is 0 Å². The van der Waals surface area contributed by atoms with Crippen molar-refractivity contribution in [3.8, 4) is 0 Å². The van der Waals surface area contributed by atoms with Crippen LogP contribution in [0.5, 0.6) is 0 Å². The third-order valence-electron chi connectivity index (χ3n) is 4.15. The Kier molecular flexibility index (Phi) is 3.13. The first-order valence-electron chi connectivity index (χ1n) is 6.07. The molecule has 4 atom stereocenters. The molecular weight excluding hydrogens is 204 g/mol. The lowest BCUT2D eigenvalue weighted by molar-refractivity contribution is -0.144. The lowest BCUT2D eigenvalue weighted by Gasteiger charge is -2.27. The van der Waals surface area contributed by atoms with Gasteiger partial charge in [-0.15, -0.1) is 0 Å². The molecule has 3 nitrogen and oxygen atoms in total. The lowest BCUT2D eigenvalue weighted by atomic mass is 9.76. The van der Waals surface area contributed by atoms with Crippen molar-refractivity contribution in [1.29, 1.82) is 0 Å². The number of rotatable bonds is 3. The molecule has 16 heavy (non-hydrogen) atoms. The summed E-state index contributed by atoms with van der Waals surface area (Å²) in [5.74, 6) is 0.225. The molecule has 0 saturated heterocycles. The number of hydrogen-bond donors (Lipinski definition) is 1. The van der Waals surface area contributed by atoms with Crippen molar-refractivity contribution in [2.45, 2.75) is 32.6 Å². The molecule has 0 aromatic carbocycles. The molecule has 0 aromatic rings. The van der Waals surface area contributed by atoms with Gasteiger partial charge in [-0.2, -0.15) is 0 Å². The Morgan fingerprint density at radius 2 is 2.31 bits per heavy atom. The van der Waals surface area contributed by atoms with E-state index in [0.717, 1.165) is 12.8 Å². The van der Waals surface area contributed by atoms with Crippen molar-refractivity contribution >= 4 is 11.8 Å². The molecule has 1 N–H and O–H groups in total. The van der Waals surface area contributed by atoms with E-state index in [9.17, 15) is 14.7 Å². The zero-order valence-electron chi connectivity index (χ0n) is 9.56. The van der Waals surface area contributed by atoms with Gasteiger partial charge in [-0.05, 0) is 43.1 Å². The minimum atomic E-state index is -0.682. The second-order valence-corrected chi connectivity index (χ2v) is 4.96. The van der Waals surface area contributed by atoms with Gasteiger partial charge in [0.2, 0.25) is 0 Å². The van der Waals surface area contributed by atoms with Gasteiger partial charge < -0.3 is 5.11 Å². The van der Waals surface area contributed by atoms with Crippen LogP contribution in [0.25, 0.3) is 0 Å². The highest BCUT2D eigenvalue weighted by Gasteiger charge is 2.42. The topological polar surface area (TPSA) is 54.4 Å². The molecule has 2 aliphatic carbocycles. The molecular formula is C13H18O3. The van der Waals surface area contributed by atoms with Gasteiger partial charge in [0.05, 0.1) is 5.92 Å². The molecule has 2 aliphatic rings. The SMILES string of the molecule is CCC(C(=O)O)C1CCC2CC(=O)C=CC21. The van der Waals surface area contributed by atoms with E-state index in [1.165, 1.54) is 0 Å². The number of carbonyl (C=O) groups is 2. The van der Waals surface area contributed by atoms with Gasteiger partial charge >= 0.3 is 5.97 Å². The predicted octanol–water partition coefficient (Wildman–Crippen LogP) is 2.27. The van der Waals surface area contributed by atoms with Crippen LogP contribution in [0.2, 0.25) is 0 Å². The summed E-state index contributed by atoms with van der Waals surface area (Å²) in [4.78, 5) is 22.4. The minimum Gasteiger partial charge on any atom is -0.481 e. The number of fused-ring (bicyclic) bond motifs is 1. The average Bonchev–Trinajstić information content (AvgIpc) is 2.62. The summed E-state index contributed by atoms with van der Waals surface area (Å²) >= 11 is 0. The second-order valence-electron chi connectivity index (χ2n) is 4.96. The molecule has 1 saturated carbocycles. The number of carboxylic acids is 1. The maximum absolute atomic E-state index is 11.3. The molecule has 2 rings (SSSR count). The number of hydrogen-bond acceptors (Lipinski definition) is 2. The first-order chi connectivity index (χ1) is 7.63. The van der Waals surface area contributed by atoms with E-state index in [1.807, 2.05) is 13.0 Å². The number of aliphatic carboxylic acids is 1. The molecule has 4 unspecified atom stereocenters. The lowest BCUT2D eigenvalue weighted by Crippen LogP contribution is -2.28. The number of carboxylic acid groups (broad SMARTS) is 1. The first-order valence-corrected chi connectivity index (χ1v) is 6.07. The maximum Gasteiger partial charge on any atom is 0.306 e. The van der Waals surface area contributed by atoms with Crippen molar-refractivity contribution in [3.05, 3.63) is 12.2 Å². The molecule has 0 spiro atoms. The van der Waals surface area contributed by atoms with Gasteiger partial charge in [-0.25, -0.2) is 0 Å². The van der Waals surface area contributed by atoms with Gasteiger partial charge in [-0.3, -0.25) is 9.59 Å². The Hall–Kier alpha value is -1.12. The Labute approximate surface area is 95.5 Å². The standard InChI is InChI=1S/C13H18O3/c1-2-10(13(15)16)12-5-3-8-7-9(14)4-6-11(8)12/h4,6,8,10-12H,2-3,5,7H2,1H3,(H,15,16). The maximum atomic E-state index is 11.3. The Balaban J connectivity index is 2.16. The second kappa shape index (κ2) is 4.40. The summed E-state index contributed by atoms with van der Waals surface area (Å²) in [7, 11) is 0. The van der Waals surface area contributed by atoms with Crippen molar-refractivity contribution in [2.75, 3.05) is 0 Å². The Morgan fingerprint density at radius 1 is 1.56 bits per heavy atom. The molecule has 1 fully saturated rings. The first kappa shape index (κ1) is 11.4. The van der Waals surface area contributed by atoms with Crippen LogP contribution in [-0.2, 0) is 9.59 Å². The van der Waals surface area contributed by atoms with Gasteiger partial charge in [0.1, 0.15) is 0 Å². The van der Waals surface area contributed by atoms with Crippen LogP contribution in [0.4, 0.5) is 0 Å². The van der Waals surface area contributed by atoms with Crippen molar-refractivity contribution in [2.24, 2.45) is 23.7 Å². The summed E-state index contributed by atoms with van der Waals surface area (Å²) in [6.45, 7) is 1.93. The monoisotopic (exact) mass is 222 g/mol. The van der Waals surface area contributed by atoms with Gasteiger partial charge in [0.15, 0.2) is 5.78 Å². The fraction of sp³-hybridized carbons (Fsp3) is 0.692. The third kappa shape index (κ3) is 1.91. The third-order valence-corrected chi connectivity index (χ3v) is 4.15. The largest absolute Gasteiger partial charge is 0.481 e. The average molecular weight is 222 g/mol. The number of allylic oxidation sites excluding steroid dienone is 2. The summed E-state index contributed by atoms with van der Waals surface area (Å²) in [6, 6.07) is 0. The summed E-state index contributed by atoms with van der Waals surface area (Å²) in [5.41, 5.74) is 0. The Morgan fingerprint density at radius 3 is 2.94 bits per heavy atom. The quantitative estimate of drug-likeness (QED) is 0.797. The van der Waals surface area contributed by atoms with E-state index >= 15 is 0 Å². The molecule has 3 heteroatoms. The van der Waals surface area contributed by atoms with Gasteiger partial charge in [-0.1, -0.05) is 13.0 Å². The van der Waals surface area contributed by atoms with Crippen LogP contribution in [0.1, 0.15) is 32.6 Å². The molecule has 0 radical (unpaired) electrons. The molecule has 0 heterocycles. The normalized spacial score (nSPS) is 34.8. The summed E-state index contributed by atoms with van der Waals surface area (Å²) < 4.78 is 0. The molecule has 0 bridgehead atoms. The Bertz CT molecular complexity index is 332. The van der Waals surface area contributed by atoms with Crippen LogP contribution in [-0.4, -0.2) is 16.9 Å². The zero-order valence-corrected chi connectivity index (χ0v) is 9.56. The van der Waals surface area contributed by atoms with E-state index in [2.05, 4.69) is 0 Å².